The Morgan fingerprint density at radius 1 is 1.53 bits per heavy atom. The molecule has 1 aliphatic heterocycles. The van der Waals surface area contributed by atoms with Gasteiger partial charge in [-0.3, -0.25) is 10.1 Å². The Labute approximate surface area is 113 Å². The van der Waals surface area contributed by atoms with Gasteiger partial charge < -0.3 is 10.2 Å². The number of nitro groups is 1. The Morgan fingerprint density at radius 2 is 2.26 bits per heavy atom. The maximum Gasteiger partial charge on any atom is 0.290 e. The fraction of sp³-hybridized carbons (Fsp3) is 0.615. The summed E-state index contributed by atoms with van der Waals surface area (Å²) in [6.45, 7) is 4.94. The molecule has 6 heteroatoms. The molecule has 1 aromatic heterocycles. The summed E-state index contributed by atoms with van der Waals surface area (Å²) in [7, 11) is 2.13. The number of nitrogens with one attached hydrogen (secondary N) is 1. The third kappa shape index (κ3) is 3.20. The number of aryl methyl sites for hydroxylation is 1. The van der Waals surface area contributed by atoms with Crippen LogP contribution in [0.25, 0.3) is 0 Å². The molecule has 6 nitrogen and oxygen atoms in total. The molecule has 2 unspecified atom stereocenters. The number of nitrogens with zero attached hydrogens (tertiary/aromatic N) is 3. The van der Waals surface area contributed by atoms with Gasteiger partial charge >= 0.3 is 0 Å². The van der Waals surface area contributed by atoms with Gasteiger partial charge in [-0.15, -0.1) is 0 Å². The van der Waals surface area contributed by atoms with Crippen molar-refractivity contribution < 1.29 is 4.92 Å². The lowest BCUT2D eigenvalue weighted by molar-refractivity contribution is -0.385. The minimum Gasteiger partial charge on any atom is -0.367 e. The second kappa shape index (κ2) is 5.52. The van der Waals surface area contributed by atoms with Crippen molar-refractivity contribution in [3.05, 3.63) is 27.9 Å². The van der Waals surface area contributed by atoms with Gasteiger partial charge in [-0.2, -0.15) is 0 Å². The lowest BCUT2D eigenvalue weighted by Crippen LogP contribution is -2.42. The van der Waals surface area contributed by atoms with Gasteiger partial charge in [-0.05, 0) is 39.8 Å². The summed E-state index contributed by atoms with van der Waals surface area (Å²) in [5.41, 5.74) is 0.526. The maximum atomic E-state index is 10.7. The van der Waals surface area contributed by atoms with Gasteiger partial charge in [0, 0.05) is 24.7 Å². The van der Waals surface area contributed by atoms with E-state index < -0.39 is 4.92 Å². The van der Waals surface area contributed by atoms with E-state index in [1.807, 2.05) is 0 Å². The van der Waals surface area contributed by atoms with E-state index in [4.69, 9.17) is 0 Å². The van der Waals surface area contributed by atoms with Crippen molar-refractivity contribution in [2.45, 2.75) is 38.8 Å². The van der Waals surface area contributed by atoms with Gasteiger partial charge in [0.1, 0.15) is 11.5 Å². The summed E-state index contributed by atoms with van der Waals surface area (Å²) in [4.78, 5) is 16.9. The number of aromatic nitrogens is 1. The molecule has 0 spiro atoms. The summed E-state index contributed by atoms with van der Waals surface area (Å²) < 4.78 is 0. The molecule has 0 aromatic carbocycles. The molecule has 0 amide bonds. The first-order valence-corrected chi connectivity index (χ1v) is 6.56. The quantitative estimate of drug-likeness (QED) is 0.669. The van der Waals surface area contributed by atoms with Crippen LogP contribution in [0.1, 0.15) is 25.5 Å². The van der Waals surface area contributed by atoms with Crippen molar-refractivity contribution in [2.75, 3.05) is 18.9 Å². The molecule has 0 saturated carbocycles. The first-order chi connectivity index (χ1) is 8.97. The summed E-state index contributed by atoms with van der Waals surface area (Å²) >= 11 is 0. The molecule has 1 fully saturated rings. The number of rotatable bonds is 3. The fourth-order valence-electron chi connectivity index (χ4n) is 2.46. The van der Waals surface area contributed by atoms with Crippen LogP contribution in [0.3, 0.4) is 0 Å². The van der Waals surface area contributed by atoms with E-state index in [9.17, 15) is 10.1 Å². The highest BCUT2D eigenvalue weighted by Crippen LogP contribution is 2.22. The number of anilines is 1. The van der Waals surface area contributed by atoms with Crippen LogP contribution >= 0.6 is 0 Å². The van der Waals surface area contributed by atoms with E-state index in [-0.39, 0.29) is 5.69 Å². The Morgan fingerprint density at radius 3 is 2.84 bits per heavy atom. The number of pyridine rings is 1. The normalized spacial score (nSPS) is 24.2. The molecule has 0 bridgehead atoms. The maximum absolute atomic E-state index is 10.7. The predicted molar refractivity (Wildman–Crippen MR) is 74.4 cm³/mol. The van der Waals surface area contributed by atoms with Gasteiger partial charge in [0.25, 0.3) is 5.69 Å². The van der Waals surface area contributed by atoms with E-state index in [1.54, 1.807) is 13.0 Å². The second-order valence-electron chi connectivity index (χ2n) is 5.25. The molecule has 2 atom stereocenters. The number of hydrogen-bond acceptors (Lipinski definition) is 5. The van der Waals surface area contributed by atoms with Crippen LogP contribution in [-0.4, -0.2) is 40.5 Å². The van der Waals surface area contributed by atoms with Gasteiger partial charge in [0.05, 0.1) is 4.92 Å². The fourth-order valence-corrected chi connectivity index (χ4v) is 2.46. The van der Waals surface area contributed by atoms with Gasteiger partial charge in [0.15, 0.2) is 0 Å². The molecule has 1 aliphatic rings. The topological polar surface area (TPSA) is 71.3 Å². The zero-order valence-corrected chi connectivity index (χ0v) is 11.6. The Kier molecular flexibility index (Phi) is 3.99. The molecule has 1 aromatic rings. The summed E-state index contributed by atoms with van der Waals surface area (Å²) in [6, 6.07) is 4.14. The van der Waals surface area contributed by atoms with Crippen LogP contribution in [0.2, 0.25) is 0 Å². The Bertz CT molecular complexity index is 478. The standard InChI is InChI=1S/C13H20N4O2/c1-9-8-11(6-7-16(9)3)15-13-5-4-12(17(18)19)10(2)14-13/h4-5,9,11H,6-8H2,1-3H3,(H,14,15). The van der Waals surface area contributed by atoms with Crippen LogP contribution in [0.4, 0.5) is 11.5 Å². The average molecular weight is 264 g/mol. The lowest BCUT2D eigenvalue weighted by atomic mass is 9.99. The minimum absolute atomic E-state index is 0.0716. The zero-order chi connectivity index (χ0) is 14.0. The third-order valence-electron chi connectivity index (χ3n) is 3.81. The van der Waals surface area contributed by atoms with Gasteiger partial charge in [0.2, 0.25) is 0 Å². The number of hydrogen-bond donors (Lipinski definition) is 1. The Balaban J connectivity index is 2.04. The van der Waals surface area contributed by atoms with Crippen molar-refractivity contribution in [1.82, 2.24) is 9.88 Å². The number of piperidine rings is 1. The highest BCUT2D eigenvalue weighted by atomic mass is 16.6. The summed E-state index contributed by atoms with van der Waals surface area (Å²) in [5.74, 6) is 0.727. The molecule has 2 heterocycles. The molecular weight excluding hydrogens is 244 g/mol. The highest BCUT2D eigenvalue weighted by molar-refractivity contribution is 5.45. The van der Waals surface area contributed by atoms with Crippen LogP contribution in [0.5, 0.6) is 0 Å². The number of likely N-dealkylation sites (tertiary alicyclic amines) is 1. The Hall–Kier alpha value is -1.69. The second-order valence-corrected chi connectivity index (χ2v) is 5.25. The van der Waals surface area contributed by atoms with Crippen LogP contribution in [0.15, 0.2) is 12.1 Å². The van der Waals surface area contributed by atoms with Crippen molar-refractivity contribution in [3.63, 3.8) is 0 Å². The van der Waals surface area contributed by atoms with Crippen molar-refractivity contribution in [3.8, 4) is 0 Å². The molecule has 1 saturated heterocycles. The summed E-state index contributed by atoms with van der Waals surface area (Å²) in [6.07, 6.45) is 2.13. The van der Waals surface area contributed by atoms with E-state index in [0.29, 0.717) is 17.8 Å². The predicted octanol–water partition coefficient (Wildman–Crippen LogP) is 2.19. The zero-order valence-electron chi connectivity index (χ0n) is 11.6. The lowest BCUT2D eigenvalue weighted by Gasteiger charge is -2.35. The molecular formula is C13H20N4O2. The molecule has 0 aliphatic carbocycles. The van der Waals surface area contributed by atoms with Gasteiger partial charge in [-0.1, -0.05) is 0 Å². The van der Waals surface area contributed by atoms with E-state index in [1.165, 1.54) is 6.07 Å². The molecule has 2 rings (SSSR count). The average Bonchev–Trinajstić information content (AvgIpc) is 2.33. The highest BCUT2D eigenvalue weighted by Gasteiger charge is 2.23. The van der Waals surface area contributed by atoms with Crippen LogP contribution < -0.4 is 5.32 Å². The molecule has 0 radical (unpaired) electrons. The van der Waals surface area contributed by atoms with E-state index in [0.717, 1.165) is 25.2 Å². The monoisotopic (exact) mass is 264 g/mol. The van der Waals surface area contributed by atoms with Crippen molar-refractivity contribution in [2.24, 2.45) is 0 Å². The van der Waals surface area contributed by atoms with Crippen LogP contribution in [0, 0.1) is 17.0 Å². The molecule has 19 heavy (non-hydrogen) atoms. The molecule has 104 valence electrons. The van der Waals surface area contributed by atoms with E-state index in [2.05, 4.69) is 29.2 Å². The van der Waals surface area contributed by atoms with Gasteiger partial charge in [-0.25, -0.2) is 4.98 Å². The first-order valence-electron chi connectivity index (χ1n) is 6.56. The van der Waals surface area contributed by atoms with Crippen molar-refractivity contribution in [1.29, 1.82) is 0 Å². The SMILES string of the molecule is Cc1nc(NC2CCN(C)C(C)C2)ccc1[N+](=O)[O-]. The first kappa shape index (κ1) is 13.7. The minimum atomic E-state index is -0.399. The van der Waals surface area contributed by atoms with Crippen LogP contribution in [-0.2, 0) is 0 Å². The summed E-state index contributed by atoms with van der Waals surface area (Å²) in [5, 5.41) is 14.1. The molecule has 1 N–H and O–H groups in total. The third-order valence-corrected chi connectivity index (χ3v) is 3.81. The van der Waals surface area contributed by atoms with Crippen molar-refractivity contribution >= 4 is 11.5 Å². The van der Waals surface area contributed by atoms with E-state index >= 15 is 0 Å². The smallest absolute Gasteiger partial charge is 0.290 e. The largest absolute Gasteiger partial charge is 0.367 e.